The van der Waals surface area contributed by atoms with Crippen LogP contribution in [0, 0.1) is 0 Å². The Kier molecular flexibility index (Phi) is 4.03. The summed E-state index contributed by atoms with van der Waals surface area (Å²) >= 11 is 0. The van der Waals surface area contributed by atoms with E-state index in [2.05, 4.69) is 10.1 Å². The number of ether oxygens (including phenoxy) is 1. The Morgan fingerprint density at radius 1 is 1.50 bits per heavy atom. The topological polar surface area (TPSA) is 68.4 Å². The molecule has 1 aromatic rings. The minimum Gasteiger partial charge on any atom is -0.384 e. The summed E-state index contributed by atoms with van der Waals surface area (Å²) in [6, 6.07) is 0. The first-order valence-electron chi connectivity index (χ1n) is 4.82. The molecule has 1 unspecified atom stereocenters. The van der Waals surface area contributed by atoms with Crippen LogP contribution in [-0.4, -0.2) is 21.9 Å². The van der Waals surface area contributed by atoms with Crippen LogP contribution < -0.4 is 0 Å². The molecular formula is C9H16N2O3. The highest BCUT2D eigenvalue weighted by atomic mass is 16.5. The second-order valence-corrected chi connectivity index (χ2v) is 3.02. The number of rotatable bonds is 5. The monoisotopic (exact) mass is 200 g/mol. The highest BCUT2D eigenvalue weighted by Gasteiger charge is 2.18. The van der Waals surface area contributed by atoms with Crippen LogP contribution in [0.5, 0.6) is 0 Å². The maximum absolute atomic E-state index is 9.18. The molecule has 0 aromatic carbocycles. The van der Waals surface area contributed by atoms with Crippen molar-refractivity contribution in [1.82, 2.24) is 10.1 Å². The van der Waals surface area contributed by atoms with Crippen LogP contribution >= 0.6 is 0 Å². The molecule has 0 amide bonds. The summed E-state index contributed by atoms with van der Waals surface area (Å²) in [6.45, 7) is 6.09. The fraction of sp³-hybridized carbons (Fsp3) is 0.778. The Morgan fingerprint density at radius 2 is 2.21 bits per heavy atom. The predicted octanol–water partition coefficient (Wildman–Crippen LogP) is 1.61. The average molecular weight is 200 g/mol. The van der Waals surface area contributed by atoms with Gasteiger partial charge in [-0.25, -0.2) is 0 Å². The van der Waals surface area contributed by atoms with Crippen LogP contribution in [0.1, 0.15) is 51.1 Å². The lowest BCUT2D eigenvalue weighted by atomic mass is 10.2. The molecule has 1 rings (SSSR count). The molecule has 0 aliphatic heterocycles. The lowest BCUT2D eigenvalue weighted by Crippen LogP contribution is -2.05. The Labute approximate surface area is 83.1 Å². The molecule has 80 valence electrons. The van der Waals surface area contributed by atoms with Gasteiger partial charge < -0.3 is 14.4 Å². The van der Waals surface area contributed by atoms with E-state index in [1.165, 1.54) is 0 Å². The lowest BCUT2D eigenvalue weighted by Gasteiger charge is -2.09. The summed E-state index contributed by atoms with van der Waals surface area (Å²) in [5.74, 6) is 0.739. The van der Waals surface area contributed by atoms with E-state index in [4.69, 9.17) is 9.26 Å². The van der Waals surface area contributed by atoms with Crippen molar-refractivity contribution in [3.05, 3.63) is 11.7 Å². The summed E-state index contributed by atoms with van der Waals surface area (Å²) in [4.78, 5) is 4.05. The normalized spacial score (nSPS) is 15.4. The zero-order valence-electron chi connectivity index (χ0n) is 8.73. The maximum Gasteiger partial charge on any atom is 0.255 e. The minimum absolute atomic E-state index is 0.142. The second-order valence-electron chi connectivity index (χ2n) is 3.02. The first-order valence-corrected chi connectivity index (χ1v) is 4.82. The summed E-state index contributed by atoms with van der Waals surface area (Å²) in [7, 11) is 0. The van der Waals surface area contributed by atoms with Crippen LogP contribution in [0.25, 0.3) is 0 Å². The van der Waals surface area contributed by atoms with Crippen molar-refractivity contribution < 1.29 is 14.4 Å². The van der Waals surface area contributed by atoms with Crippen molar-refractivity contribution in [2.75, 3.05) is 6.61 Å². The molecule has 14 heavy (non-hydrogen) atoms. The van der Waals surface area contributed by atoms with E-state index in [9.17, 15) is 5.11 Å². The Morgan fingerprint density at radius 3 is 2.64 bits per heavy atom. The van der Waals surface area contributed by atoms with E-state index >= 15 is 0 Å². The highest BCUT2D eigenvalue weighted by Crippen LogP contribution is 2.19. The molecule has 0 radical (unpaired) electrons. The third-order valence-corrected chi connectivity index (χ3v) is 1.84. The van der Waals surface area contributed by atoms with Crippen LogP contribution in [0.15, 0.2) is 4.52 Å². The van der Waals surface area contributed by atoms with Gasteiger partial charge in [-0.3, -0.25) is 0 Å². The molecular weight excluding hydrogens is 184 g/mol. The highest BCUT2D eigenvalue weighted by molar-refractivity contribution is 4.92. The molecule has 0 saturated carbocycles. The number of aliphatic hydroxyl groups is 1. The van der Waals surface area contributed by atoms with E-state index in [0.717, 1.165) is 6.42 Å². The fourth-order valence-corrected chi connectivity index (χ4v) is 1.12. The summed E-state index contributed by atoms with van der Waals surface area (Å²) < 4.78 is 10.3. The fourth-order valence-electron chi connectivity index (χ4n) is 1.12. The van der Waals surface area contributed by atoms with Crippen molar-refractivity contribution in [3.63, 3.8) is 0 Å². The molecule has 0 spiro atoms. The van der Waals surface area contributed by atoms with Gasteiger partial charge in [0.05, 0.1) is 0 Å². The smallest absolute Gasteiger partial charge is 0.255 e. The van der Waals surface area contributed by atoms with Gasteiger partial charge in [-0.2, -0.15) is 4.98 Å². The number of hydrogen-bond acceptors (Lipinski definition) is 5. The first-order chi connectivity index (χ1) is 6.69. The van der Waals surface area contributed by atoms with E-state index < -0.39 is 6.10 Å². The Bertz CT molecular complexity index is 273. The van der Waals surface area contributed by atoms with E-state index in [1.807, 2.05) is 13.8 Å². The molecule has 0 saturated heterocycles. The van der Waals surface area contributed by atoms with Gasteiger partial charge in [0, 0.05) is 6.61 Å². The summed E-state index contributed by atoms with van der Waals surface area (Å²) in [6.07, 6.45) is -0.0845. The molecule has 1 N–H and O–H groups in total. The molecule has 1 heterocycles. The molecule has 0 aliphatic carbocycles. The number of aliphatic hydroxyl groups excluding tert-OH is 1. The van der Waals surface area contributed by atoms with Gasteiger partial charge in [0.15, 0.2) is 0 Å². The largest absolute Gasteiger partial charge is 0.384 e. The Hall–Kier alpha value is -0.940. The number of hydrogen-bond donors (Lipinski definition) is 1. The van der Waals surface area contributed by atoms with Gasteiger partial charge in [0.2, 0.25) is 5.82 Å². The molecule has 0 bridgehead atoms. The van der Waals surface area contributed by atoms with Gasteiger partial charge in [0.25, 0.3) is 5.89 Å². The van der Waals surface area contributed by atoms with Crippen molar-refractivity contribution in [1.29, 1.82) is 0 Å². The van der Waals surface area contributed by atoms with Gasteiger partial charge in [0.1, 0.15) is 12.2 Å². The average Bonchev–Trinajstić information content (AvgIpc) is 2.63. The van der Waals surface area contributed by atoms with Crippen LogP contribution in [0.4, 0.5) is 0 Å². The third-order valence-electron chi connectivity index (χ3n) is 1.84. The second kappa shape index (κ2) is 5.07. The number of aromatic nitrogens is 2. The van der Waals surface area contributed by atoms with Crippen LogP contribution in [-0.2, 0) is 4.74 Å². The van der Waals surface area contributed by atoms with Crippen molar-refractivity contribution in [2.45, 2.75) is 39.4 Å². The van der Waals surface area contributed by atoms with Gasteiger partial charge >= 0.3 is 0 Å². The van der Waals surface area contributed by atoms with Crippen LogP contribution in [0.2, 0.25) is 0 Å². The quantitative estimate of drug-likeness (QED) is 0.782. The lowest BCUT2D eigenvalue weighted by molar-refractivity contribution is 0.0518. The van der Waals surface area contributed by atoms with Crippen molar-refractivity contribution in [3.8, 4) is 0 Å². The van der Waals surface area contributed by atoms with Gasteiger partial charge in [-0.15, -0.1) is 0 Å². The third kappa shape index (κ3) is 2.52. The zero-order chi connectivity index (χ0) is 10.6. The Balaban J connectivity index is 2.73. The molecule has 2 atom stereocenters. The molecule has 5 heteroatoms. The maximum atomic E-state index is 9.18. The SMILES string of the molecule is CCOC(CC)c1noc([C@H](C)O)n1. The first kappa shape index (κ1) is 11.1. The van der Waals surface area contributed by atoms with Gasteiger partial charge in [-0.1, -0.05) is 12.1 Å². The molecule has 0 fully saturated rings. The minimum atomic E-state index is -0.726. The molecule has 0 aliphatic rings. The van der Waals surface area contributed by atoms with Crippen LogP contribution in [0.3, 0.4) is 0 Å². The van der Waals surface area contributed by atoms with E-state index in [1.54, 1.807) is 6.92 Å². The van der Waals surface area contributed by atoms with Crippen molar-refractivity contribution >= 4 is 0 Å². The summed E-state index contributed by atoms with van der Waals surface area (Å²) in [5, 5.41) is 12.9. The van der Waals surface area contributed by atoms with Gasteiger partial charge in [-0.05, 0) is 20.3 Å². The standard InChI is InChI=1S/C9H16N2O3/c1-4-7(13-5-2)8-10-9(6(3)12)14-11-8/h6-7,12H,4-5H2,1-3H3/t6-,7?/m0/s1. The molecule has 5 nitrogen and oxygen atoms in total. The molecule has 1 aromatic heterocycles. The summed E-state index contributed by atoms with van der Waals surface area (Å²) in [5.41, 5.74) is 0. The number of nitrogens with zero attached hydrogens (tertiary/aromatic N) is 2. The van der Waals surface area contributed by atoms with E-state index in [0.29, 0.717) is 12.4 Å². The predicted molar refractivity (Wildman–Crippen MR) is 49.6 cm³/mol. The van der Waals surface area contributed by atoms with E-state index in [-0.39, 0.29) is 12.0 Å². The zero-order valence-corrected chi connectivity index (χ0v) is 8.73. The van der Waals surface area contributed by atoms with Crippen molar-refractivity contribution in [2.24, 2.45) is 0 Å².